The predicted molar refractivity (Wildman–Crippen MR) is 164 cm³/mol. The maximum Gasteiger partial charge on any atom is 0.254 e. The fraction of sp³-hybridized carbons (Fsp3) is 0.531. The summed E-state index contributed by atoms with van der Waals surface area (Å²) in [5.41, 5.74) is 4.00. The van der Waals surface area contributed by atoms with E-state index in [-0.39, 0.29) is 18.1 Å². The van der Waals surface area contributed by atoms with Crippen LogP contribution in [0.1, 0.15) is 54.6 Å². The second-order valence-electron chi connectivity index (χ2n) is 10.8. The minimum Gasteiger partial charge on any atom is -0.500 e. The molecule has 1 aromatic rings. The van der Waals surface area contributed by atoms with Gasteiger partial charge in [-0.25, -0.2) is 0 Å². The first kappa shape index (κ1) is 31.1. The van der Waals surface area contributed by atoms with E-state index in [2.05, 4.69) is 10.2 Å². The molecule has 1 amide bonds. The lowest BCUT2D eigenvalue weighted by molar-refractivity contribution is 0.0516. The molecule has 4 rings (SSSR count). The predicted octanol–water partition coefficient (Wildman–Crippen LogP) is 4.55. The highest BCUT2D eigenvalue weighted by Gasteiger charge is 2.30. The summed E-state index contributed by atoms with van der Waals surface area (Å²) in [4.78, 5) is 18.2. The molecule has 2 heterocycles. The number of methoxy groups -OCH3 is 1. The van der Waals surface area contributed by atoms with E-state index in [1.54, 1.807) is 7.11 Å². The Labute approximate surface area is 247 Å². The molecule has 1 N–H and O–H groups in total. The van der Waals surface area contributed by atoms with E-state index in [1.165, 1.54) is 5.70 Å². The summed E-state index contributed by atoms with van der Waals surface area (Å²) in [6.07, 6.45) is 10.3. The van der Waals surface area contributed by atoms with Crippen molar-refractivity contribution in [2.45, 2.75) is 59.1 Å². The second kappa shape index (κ2) is 14.8. The number of ether oxygens (including phenoxy) is 3. The number of benzene rings is 1. The maximum atomic E-state index is 13.4. The van der Waals surface area contributed by atoms with E-state index >= 15 is 0 Å². The Morgan fingerprint density at radius 3 is 2.61 bits per heavy atom. The molecular formula is C32H45N3O5S. The van der Waals surface area contributed by atoms with Gasteiger partial charge in [0.15, 0.2) is 0 Å². The van der Waals surface area contributed by atoms with E-state index in [4.69, 9.17) is 14.2 Å². The molecular weight excluding hydrogens is 538 g/mol. The first-order valence-electron chi connectivity index (χ1n) is 14.6. The zero-order chi connectivity index (χ0) is 29.4. The highest BCUT2D eigenvalue weighted by atomic mass is 32.2. The quantitative estimate of drug-likeness (QED) is 0.303. The van der Waals surface area contributed by atoms with Crippen molar-refractivity contribution < 1.29 is 23.2 Å². The smallest absolute Gasteiger partial charge is 0.254 e. The van der Waals surface area contributed by atoms with E-state index < -0.39 is 10.8 Å². The summed E-state index contributed by atoms with van der Waals surface area (Å²) in [6.45, 7) is 12.3. The number of rotatable bonds is 11. The fourth-order valence-corrected chi connectivity index (χ4v) is 6.84. The largest absolute Gasteiger partial charge is 0.500 e. The van der Waals surface area contributed by atoms with Crippen LogP contribution in [0.4, 0.5) is 0 Å². The number of nitrogens with one attached hydrogen (secondary N) is 1. The van der Waals surface area contributed by atoms with Crippen LogP contribution < -0.4 is 5.32 Å². The SMILES string of the molecule is C/C=C\C(=C/[C@H](C)NCS(=O)C1=C(OC)CCC(N2CCOCC2)=C1)O[C@H]1CCN(C(=O)c2c(C)cccc2C)C1. The first-order valence-corrected chi connectivity index (χ1v) is 15.9. The van der Waals surface area contributed by atoms with Gasteiger partial charge in [0.2, 0.25) is 0 Å². The molecule has 1 aromatic carbocycles. The maximum absolute atomic E-state index is 13.4. The van der Waals surface area contributed by atoms with Crippen molar-refractivity contribution in [1.29, 1.82) is 0 Å². The van der Waals surface area contributed by atoms with Crippen LogP contribution in [-0.4, -0.2) is 84.4 Å². The molecule has 0 spiro atoms. The fourth-order valence-electron chi connectivity index (χ4n) is 5.56. The molecule has 9 heteroatoms. The van der Waals surface area contributed by atoms with Crippen LogP contribution in [-0.2, 0) is 25.0 Å². The van der Waals surface area contributed by atoms with Gasteiger partial charge in [0.1, 0.15) is 17.6 Å². The molecule has 3 aliphatic rings. The van der Waals surface area contributed by atoms with Crippen LogP contribution in [0.5, 0.6) is 0 Å². The summed E-state index contributed by atoms with van der Waals surface area (Å²) in [7, 11) is 0.392. The number of amides is 1. The Hall–Kier alpha value is -2.88. The number of nitrogens with zero attached hydrogens (tertiary/aromatic N) is 2. The Morgan fingerprint density at radius 1 is 1.20 bits per heavy atom. The lowest BCUT2D eigenvalue weighted by Crippen LogP contribution is -2.36. The van der Waals surface area contributed by atoms with Crippen LogP contribution in [0.2, 0.25) is 0 Å². The van der Waals surface area contributed by atoms with Crippen LogP contribution >= 0.6 is 0 Å². The summed E-state index contributed by atoms with van der Waals surface area (Å²) in [5.74, 6) is 1.91. The summed E-state index contributed by atoms with van der Waals surface area (Å²) in [6, 6.07) is 5.88. The van der Waals surface area contributed by atoms with Crippen LogP contribution in [0, 0.1) is 13.8 Å². The summed E-state index contributed by atoms with van der Waals surface area (Å²) in [5, 5.41) is 3.39. The van der Waals surface area contributed by atoms with Gasteiger partial charge in [0.05, 0.1) is 48.4 Å². The summed E-state index contributed by atoms with van der Waals surface area (Å²) < 4.78 is 30.8. The van der Waals surface area contributed by atoms with Crippen LogP contribution in [0.3, 0.4) is 0 Å². The Kier molecular flexibility index (Phi) is 11.2. The number of carbonyl (C=O) groups is 1. The number of morpholine rings is 1. The summed E-state index contributed by atoms with van der Waals surface area (Å²) >= 11 is 0. The monoisotopic (exact) mass is 583 g/mol. The van der Waals surface area contributed by atoms with Gasteiger partial charge in [-0.3, -0.25) is 14.3 Å². The Morgan fingerprint density at radius 2 is 1.93 bits per heavy atom. The normalized spacial score (nSPS) is 21.7. The van der Waals surface area contributed by atoms with Crippen LogP contribution in [0.15, 0.2) is 64.6 Å². The van der Waals surface area contributed by atoms with Crippen molar-refractivity contribution in [1.82, 2.24) is 15.1 Å². The van der Waals surface area contributed by atoms with Gasteiger partial charge in [0.25, 0.3) is 5.91 Å². The van der Waals surface area contributed by atoms with E-state index in [0.29, 0.717) is 19.0 Å². The third kappa shape index (κ3) is 8.11. The third-order valence-electron chi connectivity index (χ3n) is 7.80. The van der Waals surface area contributed by atoms with Gasteiger partial charge in [-0.1, -0.05) is 24.3 Å². The first-order chi connectivity index (χ1) is 19.8. The lowest BCUT2D eigenvalue weighted by atomic mass is 10.0. The molecule has 0 radical (unpaired) electrons. The molecule has 3 atom stereocenters. The van der Waals surface area contributed by atoms with Crippen molar-refractivity contribution >= 4 is 16.7 Å². The van der Waals surface area contributed by atoms with Gasteiger partial charge in [-0.15, -0.1) is 0 Å². The number of hydrogen-bond donors (Lipinski definition) is 1. The van der Waals surface area contributed by atoms with Gasteiger partial charge < -0.3 is 24.0 Å². The van der Waals surface area contributed by atoms with Gasteiger partial charge >= 0.3 is 0 Å². The minimum absolute atomic E-state index is 0.0686. The number of hydrogen-bond acceptors (Lipinski definition) is 7. The molecule has 2 fully saturated rings. The van der Waals surface area contributed by atoms with Crippen molar-refractivity contribution in [3.8, 4) is 0 Å². The lowest BCUT2D eigenvalue weighted by Gasteiger charge is -2.33. The zero-order valence-electron chi connectivity index (χ0n) is 25.1. The molecule has 224 valence electrons. The number of aryl methyl sites for hydroxylation is 2. The molecule has 1 aliphatic carbocycles. The molecule has 41 heavy (non-hydrogen) atoms. The van der Waals surface area contributed by atoms with Gasteiger partial charge in [-0.2, -0.15) is 0 Å². The third-order valence-corrected chi connectivity index (χ3v) is 9.07. The minimum atomic E-state index is -1.26. The van der Waals surface area contributed by atoms with E-state index in [1.807, 2.05) is 75.1 Å². The molecule has 2 saturated heterocycles. The van der Waals surface area contributed by atoms with E-state index in [9.17, 15) is 9.00 Å². The van der Waals surface area contributed by atoms with Crippen molar-refractivity contribution in [2.75, 3.05) is 52.4 Å². The number of carbonyl (C=O) groups excluding carboxylic acids is 1. The van der Waals surface area contributed by atoms with Crippen molar-refractivity contribution in [2.24, 2.45) is 0 Å². The highest BCUT2D eigenvalue weighted by Crippen LogP contribution is 2.29. The van der Waals surface area contributed by atoms with Gasteiger partial charge in [-0.05, 0) is 63.5 Å². The van der Waals surface area contributed by atoms with Crippen LogP contribution in [0.25, 0.3) is 0 Å². The second-order valence-corrected chi connectivity index (χ2v) is 12.2. The van der Waals surface area contributed by atoms with Crippen molar-refractivity contribution in [3.05, 3.63) is 81.3 Å². The van der Waals surface area contributed by atoms with E-state index in [0.717, 1.165) is 78.7 Å². The zero-order valence-corrected chi connectivity index (χ0v) is 25.9. The average Bonchev–Trinajstić information content (AvgIpc) is 3.44. The highest BCUT2D eigenvalue weighted by molar-refractivity contribution is 7.89. The molecule has 8 nitrogen and oxygen atoms in total. The Balaban J connectivity index is 1.34. The molecule has 2 aliphatic heterocycles. The Bertz CT molecular complexity index is 1210. The van der Waals surface area contributed by atoms with Gasteiger partial charge in [0, 0.05) is 49.8 Å². The number of likely N-dealkylation sites (tertiary alicyclic amines) is 1. The molecule has 0 aromatic heterocycles. The number of allylic oxidation sites excluding steroid dienone is 5. The van der Waals surface area contributed by atoms with Crippen molar-refractivity contribution in [3.63, 3.8) is 0 Å². The molecule has 0 bridgehead atoms. The topological polar surface area (TPSA) is 80.3 Å². The molecule has 0 saturated carbocycles. The average molecular weight is 584 g/mol. The molecule has 1 unspecified atom stereocenters. The standard InChI is InChI=1S/C32H45N3O5S/c1-6-8-27(40-28-13-14-35(21-28)32(36)31-23(2)9-7-10-24(31)3)19-25(4)33-22-41(37)30-20-26(11-12-29(30)38-5)34-15-17-39-18-16-34/h6-10,19-20,25,28,33H,11-18,21-22H2,1-5H3/b8-6-,27-19+/t25-,28-,41?/m0/s1.